The number of ketones is 1. The topological polar surface area (TPSA) is 466 Å². The predicted molar refractivity (Wildman–Crippen MR) is 480 cm³/mol. The monoisotopic (exact) mass is 2170 g/mol. The first-order valence-corrected chi connectivity index (χ1v) is 44.7. The van der Waals surface area contributed by atoms with Gasteiger partial charge in [0, 0.05) is 246 Å². The molecule has 0 bridgehead atoms. The number of carbonyl (C=O) groups excluding carboxylic acids is 6. The fraction of sp³-hybridized carbons (Fsp3) is 0.596. The van der Waals surface area contributed by atoms with E-state index in [2.05, 4.69) is 65.5 Å². The van der Waals surface area contributed by atoms with E-state index in [9.17, 15) is 80.6 Å². The van der Waals surface area contributed by atoms with Crippen molar-refractivity contribution in [1.29, 1.82) is 5.26 Å². The third kappa shape index (κ3) is 39.2. The number of nitrogens with one attached hydrogen (secondary N) is 5. The van der Waals surface area contributed by atoms with Crippen LogP contribution in [-0.4, -0.2) is 289 Å². The van der Waals surface area contributed by atoms with Gasteiger partial charge < -0.3 is 106 Å². The number of methoxy groups -OCH3 is 3. The molecule has 5 amide bonds. The van der Waals surface area contributed by atoms with Crippen molar-refractivity contribution in [3.05, 3.63) is 91.0 Å². The number of alkyl halides is 6. The Balaban J connectivity index is 0.000000431. The molecule has 0 saturated carbocycles. The zero-order chi connectivity index (χ0) is 95.6. The molecule has 12 N–H and O–H groups in total. The second kappa shape index (κ2) is 56.6. The molecule has 0 atom stereocenters. The summed E-state index contributed by atoms with van der Waals surface area (Å²) in [5, 5.41) is 73.6. The van der Waals surface area contributed by atoms with Crippen LogP contribution in [0.3, 0.4) is 0 Å². The number of pyridine rings is 7. The van der Waals surface area contributed by atoms with Crippen LogP contribution in [0.2, 0.25) is 0 Å². The SMILES string of the molecule is CC(C)(C)OC(=O)N1CCC(=O)CC1.CC(C)(C)OC(=O)N1CCC(O)(CC#N)CC1.COc1ccc2nccc(N3CCC(O)(CCN)CC3)c2n1.COc1ccc2nccc(N3CCC(O)(CCNC(=O)C(F)(F)F)CC3)c2n1.COc1ccc2nccc(N3CCC(O)(CCNCc4ccc5c(n4)NC(=O)CS5)CC3)c2n1.O=C(NCCC1(O)CCNCC1)C(F)(F)F.[V].[V].[V].[V].[V].[V]. The standard InChI is InChI=1S/C24H28N6O3S.C18H21F3N4O3.C16H22N4O2.C12H20N2O3.C10H17NO3.C9H15F3N2O2.6V/c1-33-21-5-3-17-22(29-21)18(6-10-26-17)30-12-8-24(32,9-13-30)7-11-25-14-16-2-4-19-23(27-16)28-20(31)15-34-19;1-28-14-3-2-12-15(24-14)13(4-8-22-12)25-10-6-17(27,7-11-25)5-9-23-16(26)18(19,20)21;1-22-14-3-2-12-15(19-14)13(4-9-18-12)20-10-6-16(21,5-8-17)7-11-20;1-11(2,3)17-10(15)14-8-5-12(16,4-7-13)6-9-14;1-10(2,3)14-9(13)11-6-4-8(12)5-7-11;10-9(11,12)7(15)14-6-3-8(16)1-4-13-5-2-8;;;;;;/h2-6,10,25,32H,7-9,11-15H2,1H3,(H,27,28,31);2-4,8,27H,5-7,9-11H2,1H3,(H,23,26);2-4,9,21H,5-8,10-11,17H2,1H3;16H,4-6,8-9H2,1-3H3;4-7H2,1-3H3;13,16H,1-6H2,(H,14,15);;;;;;. The van der Waals surface area contributed by atoms with Crippen LogP contribution in [0.5, 0.6) is 17.6 Å². The smallest absolute Gasteiger partial charge is 0.471 e. The molecule has 0 spiro atoms. The van der Waals surface area contributed by atoms with E-state index in [1.54, 1.807) is 59.3 Å². The molecule has 14 heterocycles. The van der Waals surface area contributed by atoms with E-state index in [0.717, 1.165) is 88.7 Å². The molecule has 137 heavy (non-hydrogen) atoms. The van der Waals surface area contributed by atoms with E-state index >= 15 is 0 Å². The molecular weight excluding hydrogens is 2040 g/mol. The third-order valence-electron chi connectivity index (χ3n) is 23.1. The summed E-state index contributed by atoms with van der Waals surface area (Å²) in [5.74, 6) is -1.04. The quantitative estimate of drug-likeness (QED) is 0.0250. The number of likely N-dealkylation sites (tertiary alicyclic amines) is 2. The number of halogens is 6. The van der Waals surface area contributed by atoms with E-state index in [4.69, 9.17) is 34.7 Å². The van der Waals surface area contributed by atoms with Gasteiger partial charge in [-0.25, -0.2) is 29.5 Å². The molecule has 48 heteroatoms. The fourth-order valence-corrected chi connectivity index (χ4v) is 16.2. The number of hydrogen-bond acceptors (Lipinski definition) is 31. The number of hydrogen-bond donors (Lipinski definition) is 11. The van der Waals surface area contributed by atoms with E-state index in [-0.39, 0.29) is 168 Å². The van der Waals surface area contributed by atoms with Gasteiger partial charge in [-0.15, -0.1) is 11.8 Å². The molecule has 0 aliphatic carbocycles. The number of nitriles is 1. The normalized spacial score (nSPS) is 17.3. The number of ether oxygens (including phenoxy) is 5. The van der Waals surface area contributed by atoms with Gasteiger partial charge in [-0.2, -0.15) is 31.6 Å². The van der Waals surface area contributed by atoms with Crippen molar-refractivity contribution in [1.82, 2.24) is 66.0 Å². The summed E-state index contributed by atoms with van der Waals surface area (Å²) in [6, 6.07) is 22.7. The molecule has 7 aliphatic heterocycles. The van der Waals surface area contributed by atoms with Gasteiger partial charge in [-0.05, 0) is 206 Å². The van der Waals surface area contributed by atoms with Crippen LogP contribution in [0.15, 0.2) is 90.2 Å². The van der Waals surface area contributed by atoms with Gasteiger partial charge in [-0.1, -0.05) is 0 Å². The molecule has 7 aliphatic rings. The molecule has 6 saturated heterocycles. The molecule has 14 rings (SSSR count). The van der Waals surface area contributed by atoms with Crippen LogP contribution >= 0.6 is 11.8 Å². The molecular formula is C89H123F6N19O16SV6. The Labute approximate surface area is 869 Å². The van der Waals surface area contributed by atoms with Gasteiger partial charge in [0.25, 0.3) is 0 Å². The van der Waals surface area contributed by atoms with Gasteiger partial charge in [0.1, 0.15) is 39.4 Å². The van der Waals surface area contributed by atoms with Gasteiger partial charge >= 0.3 is 36.4 Å². The first kappa shape index (κ1) is 124. The number of piperidine rings is 6. The molecule has 7 aromatic heterocycles. The number of thioether (sulfide) groups is 1. The number of fused-ring (bicyclic) bond motifs is 4. The van der Waals surface area contributed by atoms with Gasteiger partial charge in [0.15, 0.2) is 0 Å². The number of aromatic nitrogens is 7. The molecule has 6 radical (unpaired) electrons. The molecule has 748 valence electrons. The van der Waals surface area contributed by atoms with Gasteiger partial charge in [-0.3, -0.25) is 34.1 Å². The molecule has 6 fully saturated rings. The van der Waals surface area contributed by atoms with Gasteiger partial charge in [0.2, 0.25) is 23.5 Å². The average Bonchev–Trinajstić information content (AvgIpc) is 0.793. The van der Waals surface area contributed by atoms with E-state index < -0.39 is 63.4 Å². The van der Waals surface area contributed by atoms with Crippen LogP contribution in [0.1, 0.15) is 156 Å². The Kier molecular flexibility index (Phi) is 51.3. The number of rotatable bonds is 20. The Bertz CT molecular complexity index is 5040. The maximum atomic E-state index is 12.2. The number of nitrogens with zero attached hydrogens (tertiary/aromatic N) is 13. The second-order valence-corrected chi connectivity index (χ2v) is 36.3. The van der Waals surface area contributed by atoms with E-state index in [1.807, 2.05) is 108 Å². The number of Topliss-reactive ketones (excluding diaryl/α,β-unsaturated/α-hetero) is 1. The number of nitrogens with two attached hydrogens (primary N) is 1. The summed E-state index contributed by atoms with van der Waals surface area (Å²) in [4.78, 5) is 109. The minimum atomic E-state index is -4.91. The number of aliphatic hydroxyl groups is 5. The molecule has 7 aromatic rings. The third-order valence-corrected chi connectivity index (χ3v) is 24.1. The predicted octanol–water partition coefficient (Wildman–Crippen LogP) is 9.35. The number of amides is 5. The Morgan fingerprint density at radius 1 is 0.489 bits per heavy atom. The zero-order valence-electron chi connectivity index (χ0n) is 78.3. The summed E-state index contributed by atoms with van der Waals surface area (Å²) in [5.41, 5.74) is 8.82. The summed E-state index contributed by atoms with van der Waals surface area (Å²) in [6.45, 7) is 19.6. The Hall–Kier alpha value is -7.14. The van der Waals surface area contributed by atoms with E-state index in [1.165, 1.54) is 18.9 Å². The second-order valence-electron chi connectivity index (χ2n) is 35.3. The van der Waals surface area contributed by atoms with Crippen molar-refractivity contribution < 1.29 is 216 Å². The van der Waals surface area contributed by atoms with Crippen LogP contribution < -0.4 is 61.2 Å². The average molecular weight is 2170 g/mol. The summed E-state index contributed by atoms with van der Waals surface area (Å²) in [6.07, 6.45) is 2.81. The van der Waals surface area contributed by atoms with Crippen molar-refractivity contribution in [3.8, 4) is 23.7 Å². The zero-order valence-corrected chi connectivity index (χ0v) is 87.5. The summed E-state index contributed by atoms with van der Waals surface area (Å²) < 4.78 is 98.3. The summed E-state index contributed by atoms with van der Waals surface area (Å²) in [7, 11) is 4.75. The molecule has 0 aromatic carbocycles. The molecule has 35 nitrogen and oxygen atoms in total. The minimum absolute atomic E-state index is 0. The number of anilines is 4. The van der Waals surface area contributed by atoms with Crippen LogP contribution in [0.25, 0.3) is 33.1 Å². The maximum Gasteiger partial charge on any atom is 0.471 e. The van der Waals surface area contributed by atoms with Crippen molar-refractivity contribution in [2.45, 2.75) is 214 Å². The Morgan fingerprint density at radius 3 is 1.20 bits per heavy atom. The first-order chi connectivity index (χ1) is 61.9. The van der Waals surface area contributed by atoms with Crippen LogP contribution in [0.4, 0.5) is 58.8 Å². The maximum absolute atomic E-state index is 12.2. The first-order valence-electron chi connectivity index (χ1n) is 43.7. The summed E-state index contributed by atoms with van der Waals surface area (Å²) >= 11 is 1.51. The largest absolute Gasteiger partial charge is 0.481 e. The van der Waals surface area contributed by atoms with Crippen LogP contribution in [0, 0.1) is 11.3 Å². The minimum Gasteiger partial charge on any atom is -0.481 e. The van der Waals surface area contributed by atoms with Crippen LogP contribution in [-0.2, 0) is 147 Å². The van der Waals surface area contributed by atoms with Gasteiger partial charge in [0.05, 0.1) is 112 Å². The van der Waals surface area contributed by atoms with Crippen molar-refractivity contribution >= 4 is 103 Å². The van der Waals surface area contributed by atoms with Crippen molar-refractivity contribution in [2.75, 3.05) is 152 Å². The van der Waals surface area contributed by atoms with E-state index in [0.29, 0.717) is 189 Å². The molecule has 0 unspecified atom stereocenters. The van der Waals surface area contributed by atoms with Crippen molar-refractivity contribution in [3.63, 3.8) is 0 Å². The fourth-order valence-electron chi connectivity index (χ4n) is 15.4. The van der Waals surface area contributed by atoms with Crippen molar-refractivity contribution in [2.24, 2.45) is 5.73 Å². The Morgan fingerprint density at radius 2 is 0.847 bits per heavy atom. The number of carbonyl (C=O) groups is 6.